The van der Waals surface area contributed by atoms with Gasteiger partial charge in [0.05, 0.1) is 39.0 Å². The topological polar surface area (TPSA) is 98.4 Å². The lowest BCUT2D eigenvalue weighted by molar-refractivity contribution is -0.130. The predicted octanol–water partition coefficient (Wildman–Crippen LogP) is 6.28. The van der Waals surface area contributed by atoms with Crippen molar-refractivity contribution in [3.05, 3.63) is 100.0 Å². The van der Waals surface area contributed by atoms with Gasteiger partial charge >= 0.3 is 0 Å². The Morgan fingerprint density at radius 2 is 1.74 bits per heavy atom. The number of benzene rings is 3. The summed E-state index contributed by atoms with van der Waals surface area (Å²) in [4.78, 5) is 28.8. The van der Waals surface area contributed by atoms with Crippen molar-refractivity contribution in [3.8, 4) is 17.2 Å². The van der Waals surface area contributed by atoms with Crippen LogP contribution in [0.4, 0.5) is 0 Å². The summed E-state index contributed by atoms with van der Waals surface area (Å²) in [6, 6.07) is 18.2. The summed E-state index contributed by atoms with van der Waals surface area (Å²) in [5.74, 6) is -0.427. The summed E-state index contributed by atoms with van der Waals surface area (Å²) in [5.41, 5.74) is 1.57. The summed E-state index contributed by atoms with van der Waals surface area (Å²) >= 11 is 6.19. The molecule has 0 radical (unpaired) electrons. The van der Waals surface area contributed by atoms with Crippen molar-refractivity contribution in [1.29, 1.82) is 0 Å². The third-order valence-electron chi connectivity index (χ3n) is 6.58. The van der Waals surface area contributed by atoms with Gasteiger partial charge in [0, 0.05) is 22.0 Å². The van der Waals surface area contributed by atoms with Crippen LogP contribution < -0.4 is 14.2 Å². The molecule has 1 unspecified atom stereocenters. The highest BCUT2D eigenvalue weighted by atomic mass is 35.5. The zero-order valence-electron chi connectivity index (χ0n) is 21.6. The molecule has 0 aliphatic carbocycles. The van der Waals surface area contributed by atoms with Crippen LogP contribution in [-0.4, -0.2) is 42.5 Å². The van der Waals surface area contributed by atoms with Gasteiger partial charge in [0.1, 0.15) is 11.5 Å². The monoisotopic (exact) mass is 547 g/mol. The molecular weight excluding hydrogens is 522 g/mol. The molecule has 1 amide bonds. The number of hydrogen-bond acceptors (Lipinski definition) is 7. The maximum atomic E-state index is 13.9. The van der Waals surface area contributed by atoms with E-state index < -0.39 is 23.5 Å². The lowest BCUT2D eigenvalue weighted by atomic mass is 9.94. The number of amides is 1. The molecule has 1 aromatic heterocycles. The lowest BCUT2D eigenvalue weighted by Crippen LogP contribution is -2.30. The first-order valence-electron chi connectivity index (χ1n) is 12.3. The van der Waals surface area contributed by atoms with E-state index in [-0.39, 0.29) is 17.9 Å². The van der Waals surface area contributed by atoms with E-state index in [4.69, 9.17) is 30.2 Å². The minimum absolute atomic E-state index is 0.0602. The fourth-order valence-electron chi connectivity index (χ4n) is 4.81. The van der Waals surface area contributed by atoms with Crippen LogP contribution in [0.1, 0.15) is 34.6 Å². The summed E-state index contributed by atoms with van der Waals surface area (Å²) < 4.78 is 22.3. The largest absolute Gasteiger partial charge is 0.503 e. The molecule has 1 aliphatic rings. The Morgan fingerprint density at radius 3 is 2.44 bits per heavy atom. The molecule has 200 valence electrons. The molecule has 3 aromatic carbocycles. The number of methoxy groups -OCH3 is 2. The normalized spacial score (nSPS) is 15.2. The minimum atomic E-state index is -0.899. The number of aliphatic hydroxyl groups excluding tert-OH is 1. The fourth-order valence-corrected chi connectivity index (χ4v) is 5.02. The van der Waals surface area contributed by atoms with Crippen molar-refractivity contribution in [2.75, 3.05) is 20.8 Å². The molecule has 0 saturated carbocycles. The van der Waals surface area contributed by atoms with Gasteiger partial charge in [-0.25, -0.2) is 0 Å². The molecule has 0 spiro atoms. The number of halogens is 1. The first kappa shape index (κ1) is 26.2. The zero-order chi connectivity index (χ0) is 27.7. The first-order valence-corrected chi connectivity index (χ1v) is 12.6. The maximum absolute atomic E-state index is 13.9. The van der Waals surface area contributed by atoms with E-state index in [1.165, 1.54) is 18.1 Å². The second-order valence-electron chi connectivity index (χ2n) is 8.88. The van der Waals surface area contributed by atoms with Crippen LogP contribution in [0.15, 0.2) is 82.5 Å². The first-order chi connectivity index (χ1) is 18.9. The smallest absolute Gasteiger partial charge is 0.290 e. The summed E-state index contributed by atoms with van der Waals surface area (Å²) in [6.07, 6.45) is 0. The molecular formula is C30H26ClNO7. The number of nitrogens with zero attached hydrogens (tertiary/aromatic N) is 1. The number of fused-ring (bicyclic) bond motifs is 1. The van der Waals surface area contributed by atoms with E-state index in [0.29, 0.717) is 51.0 Å². The Bertz CT molecular complexity index is 1590. The molecule has 4 aromatic rings. The van der Waals surface area contributed by atoms with Gasteiger partial charge in [-0.2, -0.15) is 0 Å². The minimum Gasteiger partial charge on any atom is -0.503 e. The highest BCUT2D eigenvalue weighted by Crippen LogP contribution is 2.42. The SMILES string of the molecule is CCOc1ccc(C2C(C(=O)c3cc4cc(Cl)cc(OC)c4o3)=C(O)C(=O)N2Cc2ccccc2OC)cc1. The summed E-state index contributed by atoms with van der Waals surface area (Å²) in [5, 5.41) is 12.0. The number of carbonyl (C=O) groups excluding carboxylic acids is 2. The van der Waals surface area contributed by atoms with E-state index in [9.17, 15) is 14.7 Å². The molecule has 1 aliphatic heterocycles. The highest BCUT2D eigenvalue weighted by molar-refractivity contribution is 6.31. The van der Waals surface area contributed by atoms with Crippen LogP contribution >= 0.6 is 11.6 Å². The molecule has 2 heterocycles. The average molecular weight is 548 g/mol. The van der Waals surface area contributed by atoms with Crippen molar-refractivity contribution in [2.24, 2.45) is 0 Å². The Kier molecular flexibility index (Phi) is 7.21. The van der Waals surface area contributed by atoms with Crippen molar-refractivity contribution in [2.45, 2.75) is 19.5 Å². The van der Waals surface area contributed by atoms with Crippen LogP contribution in [0.25, 0.3) is 11.0 Å². The molecule has 39 heavy (non-hydrogen) atoms. The number of furan rings is 1. The predicted molar refractivity (Wildman–Crippen MR) is 146 cm³/mol. The van der Waals surface area contributed by atoms with E-state index >= 15 is 0 Å². The van der Waals surface area contributed by atoms with E-state index in [1.807, 2.05) is 25.1 Å². The van der Waals surface area contributed by atoms with Crippen molar-refractivity contribution >= 4 is 34.3 Å². The molecule has 0 saturated heterocycles. The number of aliphatic hydroxyl groups is 1. The average Bonchev–Trinajstić information content (AvgIpc) is 3.48. The number of Topliss-reactive ketones (excluding diaryl/α,β-unsaturated/α-hetero) is 1. The second-order valence-corrected chi connectivity index (χ2v) is 9.31. The Labute approximate surface area is 229 Å². The van der Waals surface area contributed by atoms with Crippen LogP contribution in [-0.2, 0) is 11.3 Å². The third-order valence-corrected chi connectivity index (χ3v) is 6.80. The van der Waals surface area contributed by atoms with Gasteiger partial charge in [-0.1, -0.05) is 41.9 Å². The molecule has 8 nitrogen and oxygen atoms in total. The highest BCUT2D eigenvalue weighted by Gasteiger charge is 2.45. The molecule has 0 bridgehead atoms. The molecule has 5 rings (SSSR count). The van der Waals surface area contributed by atoms with Gasteiger partial charge in [-0.3, -0.25) is 9.59 Å². The van der Waals surface area contributed by atoms with Gasteiger partial charge in [0.25, 0.3) is 5.91 Å². The Morgan fingerprint density at radius 1 is 1.03 bits per heavy atom. The second kappa shape index (κ2) is 10.7. The third kappa shape index (κ3) is 4.79. The zero-order valence-corrected chi connectivity index (χ0v) is 22.3. The number of carbonyl (C=O) groups is 2. The molecule has 1 atom stereocenters. The number of ether oxygens (including phenoxy) is 3. The number of para-hydroxylation sites is 1. The van der Waals surface area contributed by atoms with E-state index in [1.54, 1.807) is 49.6 Å². The summed E-state index contributed by atoms with van der Waals surface area (Å²) in [7, 11) is 3.01. The van der Waals surface area contributed by atoms with Gasteiger partial charge in [0.2, 0.25) is 5.78 Å². The van der Waals surface area contributed by atoms with Gasteiger partial charge in [-0.15, -0.1) is 0 Å². The van der Waals surface area contributed by atoms with Crippen molar-refractivity contribution in [3.63, 3.8) is 0 Å². The molecule has 1 N–H and O–H groups in total. The quantitative estimate of drug-likeness (QED) is 0.246. The lowest BCUT2D eigenvalue weighted by Gasteiger charge is -2.27. The van der Waals surface area contributed by atoms with Crippen LogP contribution in [0.3, 0.4) is 0 Å². The number of hydrogen-bond donors (Lipinski definition) is 1. The standard InChI is InChI=1S/C30H26ClNO7/c1-4-38-21-11-9-17(10-12-21)26-25(27(33)23-14-19-13-20(31)15-24(37-3)29(19)39-23)28(34)30(35)32(26)16-18-7-5-6-8-22(18)36-2/h5-15,26,34H,4,16H2,1-3H3. The van der Waals surface area contributed by atoms with E-state index in [0.717, 1.165) is 0 Å². The summed E-state index contributed by atoms with van der Waals surface area (Å²) in [6.45, 7) is 2.46. The molecule has 0 fully saturated rings. The van der Waals surface area contributed by atoms with Gasteiger partial charge in [0.15, 0.2) is 22.9 Å². The van der Waals surface area contributed by atoms with Crippen LogP contribution in [0.5, 0.6) is 17.2 Å². The number of ketones is 1. The maximum Gasteiger partial charge on any atom is 0.290 e. The van der Waals surface area contributed by atoms with Gasteiger partial charge < -0.3 is 28.6 Å². The van der Waals surface area contributed by atoms with Gasteiger partial charge in [-0.05, 0) is 42.8 Å². The van der Waals surface area contributed by atoms with Crippen molar-refractivity contribution in [1.82, 2.24) is 4.90 Å². The van der Waals surface area contributed by atoms with Crippen molar-refractivity contribution < 1.29 is 33.3 Å². The van der Waals surface area contributed by atoms with Crippen LogP contribution in [0, 0.1) is 0 Å². The van der Waals surface area contributed by atoms with E-state index in [2.05, 4.69) is 0 Å². The van der Waals surface area contributed by atoms with Crippen LogP contribution in [0.2, 0.25) is 5.02 Å². The molecule has 9 heteroatoms. The Hall–Kier alpha value is -4.43. The Balaban J connectivity index is 1.61. The number of rotatable bonds is 9. The fraction of sp³-hybridized carbons (Fsp3) is 0.200.